The van der Waals surface area contributed by atoms with Gasteiger partial charge in [-0.1, -0.05) is 6.07 Å². The summed E-state index contributed by atoms with van der Waals surface area (Å²) in [6.07, 6.45) is 0. The zero-order valence-electron chi connectivity index (χ0n) is 15.4. The molecule has 1 aliphatic rings. The number of benzene rings is 2. The van der Waals surface area contributed by atoms with E-state index in [9.17, 15) is 13.2 Å². The second-order valence-corrected chi connectivity index (χ2v) is 9.48. The fourth-order valence-corrected chi connectivity index (χ4v) is 5.65. The molecule has 0 unspecified atom stereocenters. The molecule has 2 aromatic carbocycles. The first-order valence-corrected chi connectivity index (χ1v) is 11.3. The maximum atomic E-state index is 13.4. The van der Waals surface area contributed by atoms with Gasteiger partial charge >= 0.3 is 5.69 Å². The number of aromatic amines is 2. The summed E-state index contributed by atoms with van der Waals surface area (Å²) in [5.74, 6) is 0.473. The summed E-state index contributed by atoms with van der Waals surface area (Å²) in [5, 5.41) is 10.9. The predicted octanol–water partition coefficient (Wildman–Crippen LogP) is 3.04. The molecule has 0 saturated heterocycles. The number of sulfonamides is 1. The molecule has 0 aliphatic carbocycles. The van der Waals surface area contributed by atoms with E-state index in [2.05, 4.69) is 16.0 Å². The summed E-state index contributed by atoms with van der Waals surface area (Å²) in [7, 11) is -3.89. The Hall–Kier alpha value is -3.55. The van der Waals surface area contributed by atoms with E-state index in [1.807, 2.05) is 11.4 Å². The summed E-state index contributed by atoms with van der Waals surface area (Å²) in [4.78, 5) is 17.4. The highest BCUT2D eigenvalue weighted by Crippen LogP contribution is 2.39. The molecule has 0 spiro atoms. The van der Waals surface area contributed by atoms with Crippen molar-refractivity contribution in [2.75, 3.05) is 17.5 Å². The van der Waals surface area contributed by atoms with Crippen molar-refractivity contribution in [3.05, 3.63) is 63.2 Å². The molecule has 2 aromatic heterocycles. The minimum Gasteiger partial charge on any atom is -0.489 e. The van der Waals surface area contributed by atoms with Crippen LogP contribution in [0, 0.1) is 11.3 Å². The van der Waals surface area contributed by atoms with Gasteiger partial charge < -0.3 is 14.7 Å². The molecule has 5 rings (SSSR count). The molecule has 0 radical (unpaired) electrons. The molecule has 2 N–H and O–H groups in total. The maximum absolute atomic E-state index is 13.4. The van der Waals surface area contributed by atoms with Crippen molar-refractivity contribution in [3.63, 3.8) is 0 Å². The third kappa shape index (κ3) is 2.96. The van der Waals surface area contributed by atoms with Crippen molar-refractivity contribution < 1.29 is 13.2 Å². The lowest BCUT2D eigenvalue weighted by molar-refractivity contribution is 0.316. The molecule has 10 heteroatoms. The van der Waals surface area contributed by atoms with Crippen molar-refractivity contribution in [2.24, 2.45) is 0 Å². The number of imidazole rings is 1. The second kappa shape index (κ2) is 6.76. The van der Waals surface area contributed by atoms with Gasteiger partial charge in [-0.25, -0.2) is 13.2 Å². The molecule has 30 heavy (non-hydrogen) atoms. The van der Waals surface area contributed by atoms with Crippen LogP contribution in [0.5, 0.6) is 5.75 Å². The summed E-state index contributed by atoms with van der Waals surface area (Å²) < 4.78 is 33.8. The third-order valence-electron chi connectivity index (χ3n) is 4.90. The fourth-order valence-electron chi connectivity index (χ4n) is 3.47. The maximum Gasteiger partial charge on any atom is 0.323 e. The third-order valence-corrected chi connectivity index (χ3v) is 7.54. The normalized spacial score (nSPS) is 13.6. The van der Waals surface area contributed by atoms with Gasteiger partial charge in [0.15, 0.2) is 0 Å². The quantitative estimate of drug-likeness (QED) is 0.510. The summed E-state index contributed by atoms with van der Waals surface area (Å²) >= 11 is 1.33. The average molecular weight is 438 g/mol. The van der Waals surface area contributed by atoms with Crippen molar-refractivity contribution in [2.45, 2.75) is 4.90 Å². The minimum atomic E-state index is -3.89. The molecule has 3 heterocycles. The van der Waals surface area contributed by atoms with E-state index in [0.29, 0.717) is 27.3 Å². The van der Waals surface area contributed by atoms with E-state index < -0.39 is 15.7 Å². The highest BCUT2D eigenvalue weighted by Gasteiger charge is 2.31. The smallest absolute Gasteiger partial charge is 0.323 e. The van der Waals surface area contributed by atoms with Gasteiger partial charge in [0.25, 0.3) is 10.0 Å². The molecular formula is C20H14N4O4S2. The number of ether oxygens (including phenoxy) is 1. The van der Waals surface area contributed by atoms with Crippen LogP contribution in [0.3, 0.4) is 0 Å². The Bertz CT molecular complexity index is 1490. The van der Waals surface area contributed by atoms with E-state index >= 15 is 0 Å². The summed E-state index contributed by atoms with van der Waals surface area (Å²) in [6, 6.07) is 13.7. The number of rotatable bonds is 3. The van der Waals surface area contributed by atoms with Crippen molar-refractivity contribution in [1.82, 2.24) is 9.97 Å². The van der Waals surface area contributed by atoms with E-state index in [0.717, 1.165) is 11.1 Å². The molecule has 0 fully saturated rings. The number of thiophene rings is 1. The number of hydrogen-bond acceptors (Lipinski definition) is 6. The number of fused-ring (bicyclic) bond motifs is 2. The van der Waals surface area contributed by atoms with Crippen LogP contribution in [0.15, 0.2) is 57.5 Å². The van der Waals surface area contributed by atoms with Crippen LogP contribution in [-0.4, -0.2) is 31.5 Å². The van der Waals surface area contributed by atoms with Crippen LogP contribution in [0.1, 0.15) is 4.88 Å². The average Bonchev–Trinajstić information content (AvgIpc) is 3.37. The monoisotopic (exact) mass is 438 g/mol. The largest absolute Gasteiger partial charge is 0.489 e. The molecular weight excluding hydrogens is 424 g/mol. The SMILES string of the molecule is N#Cc1cc(-c2ccc3c(c2)N(S(=O)(=O)c2ccc4[nH]c(=O)[nH]c4c2)CCO3)cs1. The van der Waals surface area contributed by atoms with Gasteiger partial charge in [0, 0.05) is 0 Å². The lowest BCUT2D eigenvalue weighted by Crippen LogP contribution is -2.37. The number of aromatic nitrogens is 2. The van der Waals surface area contributed by atoms with Crippen LogP contribution in [0.25, 0.3) is 22.2 Å². The first-order chi connectivity index (χ1) is 14.5. The van der Waals surface area contributed by atoms with Gasteiger partial charge in [0.2, 0.25) is 0 Å². The lowest BCUT2D eigenvalue weighted by atomic mass is 10.1. The molecule has 0 bridgehead atoms. The second-order valence-electron chi connectivity index (χ2n) is 6.71. The van der Waals surface area contributed by atoms with E-state index in [1.54, 1.807) is 24.3 Å². The first-order valence-electron chi connectivity index (χ1n) is 8.96. The zero-order valence-corrected chi connectivity index (χ0v) is 17.0. The Labute approximate surface area is 175 Å². The van der Waals surface area contributed by atoms with Gasteiger partial charge in [-0.3, -0.25) is 4.31 Å². The molecule has 1 aliphatic heterocycles. The van der Waals surface area contributed by atoms with E-state index in [4.69, 9.17) is 10.00 Å². The molecule has 4 aromatic rings. The summed E-state index contributed by atoms with van der Waals surface area (Å²) in [5.41, 5.74) is 2.63. The molecule has 0 saturated carbocycles. The number of hydrogen-bond donors (Lipinski definition) is 2. The van der Waals surface area contributed by atoms with Crippen LogP contribution in [-0.2, 0) is 10.0 Å². The highest BCUT2D eigenvalue weighted by molar-refractivity contribution is 7.92. The minimum absolute atomic E-state index is 0.0748. The van der Waals surface area contributed by atoms with Gasteiger partial charge in [-0.15, -0.1) is 11.3 Å². The van der Waals surface area contributed by atoms with Gasteiger partial charge in [0.05, 0.1) is 28.2 Å². The Balaban J connectivity index is 1.60. The zero-order chi connectivity index (χ0) is 20.9. The Morgan fingerprint density at radius 3 is 2.70 bits per heavy atom. The van der Waals surface area contributed by atoms with Crippen LogP contribution in [0.4, 0.5) is 5.69 Å². The van der Waals surface area contributed by atoms with E-state index in [1.165, 1.54) is 27.8 Å². The number of nitrogens with zero attached hydrogens (tertiary/aromatic N) is 2. The van der Waals surface area contributed by atoms with Crippen LogP contribution in [0.2, 0.25) is 0 Å². The molecule has 8 nitrogen and oxygen atoms in total. The topological polar surface area (TPSA) is 119 Å². The standard InChI is InChI=1S/C20H14N4O4S2/c21-10-14-7-13(11-29-14)12-1-4-19-18(8-12)24(5-6-28-19)30(26,27)15-2-3-16-17(9-15)23-20(25)22-16/h1-4,7-9,11H,5-6H2,(H2,22,23,25). The summed E-state index contributed by atoms with van der Waals surface area (Å²) in [6.45, 7) is 0.388. The van der Waals surface area contributed by atoms with Gasteiger partial charge in [-0.2, -0.15) is 5.26 Å². The Morgan fingerprint density at radius 1 is 1.07 bits per heavy atom. The van der Waals surface area contributed by atoms with Gasteiger partial charge in [-0.05, 0) is 52.9 Å². The van der Waals surface area contributed by atoms with Crippen LogP contribution >= 0.6 is 11.3 Å². The molecule has 150 valence electrons. The van der Waals surface area contributed by atoms with Crippen LogP contribution < -0.4 is 14.7 Å². The number of nitriles is 1. The van der Waals surface area contributed by atoms with Crippen molar-refractivity contribution >= 4 is 38.1 Å². The number of nitrogens with one attached hydrogen (secondary N) is 2. The highest BCUT2D eigenvalue weighted by atomic mass is 32.2. The predicted molar refractivity (Wildman–Crippen MR) is 113 cm³/mol. The molecule has 0 atom stereocenters. The van der Waals surface area contributed by atoms with E-state index in [-0.39, 0.29) is 18.0 Å². The fraction of sp³-hybridized carbons (Fsp3) is 0.100. The molecule has 0 amide bonds. The lowest BCUT2D eigenvalue weighted by Gasteiger charge is -2.30. The van der Waals surface area contributed by atoms with Crippen molar-refractivity contribution in [1.29, 1.82) is 5.26 Å². The van der Waals surface area contributed by atoms with Crippen molar-refractivity contribution in [3.8, 4) is 22.9 Å². The number of anilines is 1. The Kier molecular flexibility index (Phi) is 4.16. The van der Waals surface area contributed by atoms with Gasteiger partial charge in [0.1, 0.15) is 23.3 Å². The first kappa shape index (κ1) is 18.5. The Morgan fingerprint density at radius 2 is 1.90 bits per heavy atom. The number of H-pyrrole nitrogens is 2.